The molecule has 0 radical (unpaired) electrons. The highest BCUT2D eigenvalue weighted by Gasteiger charge is 2.15. The van der Waals surface area contributed by atoms with Gasteiger partial charge in [-0.3, -0.25) is 4.72 Å². The molecule has 1 atom stereocenters. The molecule has 2 heterocycles. The number of aromatic nitrogens is 1. The Morgan fingerprint density at radius 3 is 2.53 bits per heavy atom. The van der Waals surface area contributed by atoms with E-state index in [1.807, 2.05) is 11.9 Å². The molecule has 0 aromatic carbocycles. The van der Waals surface area contributed by atoms with Gasteiger partial charge in [-0.2, -0.15) is 0 Å². The van der Waals surface area contributed by atoms with Gasteiger partial charge in [-0.05, 0) is 57.4 Å². The van der Waals surface area contributed by atoms with Crippen molar-refractivity contribution in [2.45, 2.75) is 51.3 Å². The standard InChI is InChI=1S/C16H24N2S/c1-5-14(17-19-16(2,3)4)12-13-8-6-10-18-11-7-9-15(13)18/h6-11,14,17H,5,12H2,1-4H3. The van der Waals surface area contributed by atoms with E-state index < -0.39 is 0 Å². The van der Waals surface area contributed by atoms with Gasteiger partial charge in [0.1, 0.15) is 0 Å². The third kappa shape index (κ3) is 4.02. The van der Waals surface area contributed by atoms with Crippen molar-refractivity contribution in [1.29, 1.82) is 0 Å². The molecule has 1 unspecified atom stereocenters. The molecular formula is C16H24N2S. The Kier molecular flexibility index (Phi) is 4.58. The van der Waals surface area contributed by atoms with Crippen molar-refractivity contribution in [3.05, 3.63) is 42.2 Å². The molecule has 0 aliphatic rings. The number of hydrogen-bond acceptors (Lipinski definition) is 2. The fraction of sp³-hybridized carbons (Fsp3) is 0.500. The van der Waals surface area contributed by atoms with Crippen LogP contribution in [0.5, 0.6) is 0 Å². The minimum Gasteiger partial charge on any atom is -0.324 e. The van der Waals surface area contributed by atoms with Gasteiger partial charge < -0.3 is 4.40 Å². The van der Waals surface area contributed by atoms with Gasteiger partial charge in [-0.25, -0.2) is 0 Å². The van der Waals surface area contributed by atoms with E-state index in [4.69, 9.17) is 0 Å². The van der Waals surface area contributed by atoms with E-state index in [1.165, 1.54) is 11.1 Å². The van der Waals surface area contributed by atoms with E-state index in [2.05, 4.69) is 73.5 Å². The Morgan fingerprint density at radius 2 is 1.89 bits per heavy atom. The summed E-state index contributed by atoms with van der Waals surface area (Å²) in [4.78, 5) is 0. The first-order valence-electron chi connectivity index (χ1n) is 6.97. The van der Waals surface area contributed by atoms with Crippen LogP contribution in [-0.4, -0.2) is 15.2 Å². The van der Waals surface area contributed by atoms with Gasteiger partial charge in [-0.15, -0.1) is 0 Å². The summed E-state index contributed by atoms with van der Waals surface area (Å²) in [7, 11) is 0. The Labute approximate surface area is 120 Å². The second kappa shape index (κ2) is 6.02. The first kappa shape index (κ1) is 14.5. The monoisotopic (exact) mass is 276 g/mol. The van der Waals surface area contributed by atoms with Crippen molar-refractivity contribution in [2.75, 3.05) is 0 Å². The number of nitrogens with zero attached hydrogens (tertiary/aromatic N) is 1. The van der Waals surface area contributed by atoms with Gasteiger partial charge in [0.05, 0.1) is 0 Å². The molecule has 2 aromatic heterocycles. The summed E-state index contributed by atoms with van der Waals surface area (Å²) in [6, 6.07) is 9.19. The third-order valence-electron chi connectivity index (χ3n) is 3.14. The lowest BCUT2D eigenvalue weighted by atomic mass is 10.0. The zero-order chi connectivity index (χ0) is 13.9. The molecule has 0 spiro atoms. The maximum Gasteiger partial charge on any atom is 0.0482 e. The molecule has 2 rings (SSSR count). The summed E-state index contributed by atoms with van der Waals surface area (Å²) in [5, 5.41) is 0. The summed E-state index contributed by atoms with van der Waals surface area (Å²) in [5.74, 6) is 0. The van der Waals surface area contributed by atoms with Crippen LogP contribution in [0.2, 0.25) is 0 Å². The summed E-state index contributed by atoms with van der Waals surface area (Å²) in [5.41, 5.74) is 2.74. The van der Waals surface area contributed by atoms with Crippen molar-refractivity contribution >= 4 is 17.5 Å². The van der Waals surface area contributed by atoms with Crippen molar-refractivity contribution in [3.63, 3.8) is 0 Å². The van der Waals surface area contributed by atoms with E-state index >= 15 is 0 Å². The van der Waals surface area contributed by atoms with Crippen LogP contribution in [0.25, 0.3) is 5.52 Å². The molecule has 0 aliphatic carbocycles. The van der Waals surface area contributed by atoms with Crippen LogP contribution in [0.15, 0.2) is 36.7 Å². The van der Waals surface area contributed by atoms with Gasteiger partial charge in [0.2, 0.25) is 0 Å². The highest BCUT2D eigenvalue weighted by Crippen LogP contribution is 2.22. The molecule has 1 N–H and O–H groups in total. The van der Waals surface area contributed by atoms with Gasteiger partial charge in [0.25, 0.3) is 0 Å². The van der Waals surface area contributed by atoms with Gasteiger partial charge in [-0.1, -0.05) is 24.9 Å². The molecular weight excluding hydrogens is 252 g/mol. The Morgan fingerprint density at radius 1 is 1.21 bits per heavy atom. The fourth-order valence-electron chi connectivity index (χ4n) is 2.10. The van der Waals surface area contributed by atoms with Crippen molar-refractivity contribution in [3.8, 4) is 0 Å². The Balaban J connectivity index is 2.07. The van der Waals surface area contributed by atoms with E-state index in [1.54, 1.807) is 0 Å². The second-order valence-electron chi connectivity index (χ2n) is 5.98. The highest BCUT2D eigenvalue weighted by molar-refractivity contribution is 7.98. The number of nitrogens with one attached hydrogen (secondary N) is 1. The average Bonchev–Trinajstić information content (AvgIpc) is 2.82. The predicted octanol–water partition coefficient (Wildman–Crippen LogP) is 4.30. The van der Waals surface area contributed by atoms with Crippen LogP contribution in [0.4, 0.5) is 0 Å². The smallest absolute Gasteiger partial charge is 0.0482 e. The van der Waals surface area contributed by atoms with Crippen LogP contribution in [0.1, 0.15) is 39.7 Å². The number of hydrogen-bond donors (Lipinski definition) is 1. The molecule has 2 nitrogen and oxygen atoms in total. The first-order valence-corrected chi connectivity index (χ1v) is 7.79. The zero-order valence-corrected chi connectivity index (χ0v) is 13.1. The second-order valence-corrected chi connectivity index (χ2v) is 7.64. The first-order chi connectivity index (χ1) is 8.99. The molecule has 0 bridgehead atoms. The summed E-state index contributed by atoms with van der Waals surface area (Å²) >= 11 is 1.84. The van der Waals surface area contributed by atoms with Crippen molar-refractivity contribution < 1.29 is 0 Å². The minimum atomic E-state index is 0.258. The van der Waals surface area contributed by atoms with Crippen LogP contribution < -0.4 is 4.72 Å². The van der Waals surface area contributed by atoms with Crippen LogP contribution in [-0.2, 0) is 6.42 Å². The van der Waals surface area contributed by atoms with E-state index in [-0.39, 0.29) is 4.75 Å². The van der Waals surface area contributed by atoms with Crippen molar-refractivity contribution in [1.82, 2.24) is 9.12 Å². The van der Waals surface area contributed by atoms with E-state index in [0.717, 1.165) is 12.8 Å². The van der Waals surface area contributed by atoms with Gasteiger partial charge >= 0.3 is 0 Å². The maximum absolute atomic E-state index is 3.62. The molecule has 19 heavy (non-hydrogen) atoms. The largest absolute Gasteiger partial charge is 0.324 e. The topological polar surface area (TPSA) is 16.4 Å². The van der Waals surface area contributed by atoms with Crippen LogP contribution in [0, 0.1) is 0 Å². The van der Waals surface area contributed by atoms with E-state index in [0.29, 0.717) is 6.04 Å². The fourth-order valence-corrected chi connectivity index (χ4v) is 2.87. The summed E-state index contributed by atoms with van der Waals surface area (Å²) in [6.07, 6.45) is 6.44. The van der Waals surface area contributed by atoms with E-state index in [9.17, 15) is 0 Å². The Hall–Kier alpha value is -0.930. The lowest BCUT2D eigenvalue weighted by Crippen LogP contribution is -2.29. The molecule has 0 aliphatic heterocycles. The molecule has 0 saturated carbocycles. The molecule has 2 aromatic rings. The third-order valence-corrected chi connectivity index (χ3v) is 4.21. The predicted molar refractivity (Wildman–Crippen MR) is 85.7 cm³/mol. The number of fused-ring (bicyclic) bond motifs is 1. The molecule has 0 amide bonds. The summed E-state index contributed by atoms with van der Waals surface area (Å²) in [6.45, 7) is 8.97. The summed E-state index contributed by atoms with van der Waals surface area (Å²) < 4.78 is 6.07. The average molecular weight is 276 g/mol. The Bertz CT molecular complexity index is 525. The molecule has 104 valence electrons. The molecule has 0 fully saturated rings. The van der Waals surface area contributed by atoms with Crippen molar-refractivity contribution in [2.24, 2.45) is 0 Å². The van der Waals surface area contributed by atoms with Crippen LogP contribution in [0.3, 0.4) is 0 Å². The highest BCUT2D eigenvalue weighted by atomic mass is 32.2. The molecule has 3 heteroatoms. The SMILES string of the molecule is CCC(Cc1cccn2cccc12)NSC(C)(C)C. The lowest BCUT2D eigenvalue weighted by molar-refractivity contribution is 0.601. The number of pyridine rings is 1. The lowest BCUT2D eigenvalue weighted by Gasteiger charge is -2.23. The van der Waals surface area contributed by atoms with Gasteiger partial charge in [0, 0.05) is 28.7 Å². The molecule has 0 saturated heterocycles. The quantitative estimate of drug-likeness (QED) is 0.820. The minimum absolute atomic E-state index is 0.258. The normalized spacial score (nSPS) is 13.9. The maximum atomic E-state index is 3.62. The van der Waals surface area contributed by atoms with Gasteiger partial charge in [0.15, 0.2) is 0 Å². The van der Waals surface area contributed by atoms with Crippen LogP contribution >= 0.6 is 11.9 Å². The number of rotatable bonds is 5. The zero-order valence-electron chi connectivity index (χ0n) is 12.3.